The number of hydrogen-bond acceptors (Lipinski definition) is 8. The molecule has 0 aromatic carbocycles. The van der Waals surface area contributed by atoms with E-state index in [0.717, 1.165) is 0 Å². The normalized spacial score (nSPS) is 31.7. The van der Waals surface area contributed by atoms with Crippen molar-refractivity contribution >= 4 is 16.9 Å². The van der Waals surface area contributed by atoms with E-state index >= 15 is 0 Å². The van der Waals surface area contributed by atoms with Gasteiger partial charge in [-0.3, -0.25) is 4.79 Å². The van der Waals surface area contributed by atoms with Crippen molar-refractivity contribution in [1.29, 1.82) is 0 Å². The topological polar surface area (TPSA) is 144 Å². The van der Waals surface area contributed by atoms with Crippen LogP contribution in [-0.4, -0.2) is 54.3 Å². The number of rotatable bonds is 2. The number of aromatic nitrogens is 3. The van der Waals surface area contributed by atoms with E-state index in [1.54, 1.807) is 0 Å². The molecule has 2 aromatic heterocycles. The molecule has 0 radical (unpaired) electrons. The van der Waals surface area contributed by atoms with Crippen LogP contribution in [0.1, 0.15) is 13.2 Å². The molecule has 1 unspecified atom stereocenters. The number of nitrogen functional groups attached to an aromatic ring is 1. The summed E-state index contributed by atoms with van der Waals surface area (Å²) in [6, 6.07) is 1.25. The monoisotopic (exact) mass is 308 g/mol. The Hall–Kier alpha value is -2.07. The fourth-order valence-electron chi connectivity index (χ4n) is 2.70. The molecule has 1 aliphatic rings. The molecule has 1 aliphatic heterocycles. The highest BCUT2D eigenvalue weighted by atomic mass is 16.6. The van der Waals surface area contributed by atoms with Crippen molar-refractivity contribution in [3.63, 3.8) is 0 Å². The molecule has 1 fully saturated rings. The minimum atomic E-state index is -1.69. The van der Waals surface area contributed by atoms with Gasteiger partial charge < -0.3 is 30.4 Å². The molecule has 0 aliphatic carbocycles. The van der Waals surface area contributed by atoms with Gasteiger partial charge in [-0.1, -0.05) is 0 Å². The fourth-order valence-corrected chi connectivity index (χ4v) is 2.70. The van der Waals surface area contributed by atoms with Crippen LogP contribution in [0.3, 0.4) is 0 Å². The lowest BCUT2D eigenvalue weighted by atomic mass is 9.96. The summed E-state index contributed by atoms with van der Waals surface area (Å²) in [6.45, 7) is 0.926. The third-order valence-corrected chi connectivity index (χ3v) is 3.92. The lowest BCUT2D eigenvalue weighted by molar-refractivity contribution is -0.0950. The lowest BCUT2D eigenvalue weighted by Crippen LogP contribution is -2.44. The molecule has 0 amide bonds. The number of ether oxygens (including phenoxy) is 1. The van der Waals surface area contributed by atoms with Crippen LogP contribution in [-0.2, 0) is 4.74 Å². The summed E-state index contributed by atoms with van der Waals surface area (Å²) in [5, 5.41) is 29.9. The van der Waals surface area contributed by atoms with Crippen molar-refractivity contribution in [3.05, 3.63) is 28.8 Å². The maximum atomic E-state index is 11.9. The molecule has 22 heavy (non-hydrogen) atoms. The summed E-state index contributed by atoms with van der Waals surface area (Å²) in [5.74, 6) is 0.0150. The second-order valence-electron chi connectivity index (χ2n) is 5.42. The highest BCUT2D eigenvalue weighted by Crippen LogP contribution is 2.38. The average molecular weight is 308 g/mol. The summed E-state index contributed by atoms with van der Waals surface area (Å²) in [5.41, 5.74) is 3.85. The zero-order chi connectivity index (χ0) is 16.1. The van der Waals surface area contributed by atoms with Gasteiger partial charge in [0.05, 0.1) is 6.61 Å². The molecule has 5 N–H and O–H groups in total. The standard InChI is InChI=1S/C13H16N4O5/c1-13(21)9(20)7(4-18)22-12(13)17-3-2-6(19)8-10(14)15-5-16-11(8)17/h2-3,5,7,9,12,18,20-21H,4H2,1H3,(H2,14,15,16)/t7-,9-,12?,13-/m1/s1. The second-order valence-corrected chi connectivity index (χ2v) is 5.42. The Kier molecular flexibility index (Phi) is 3.37. The molecule has 2 aromatic rings. The van der Waals surface area contributed by atoms with E-state index in [2.05, 4.69) is 9.97 Å². The Morgan fingerprint density at radius 1 is 1.50 bits per heavy atom. The Balaban J connectivity index is 2.22. The summed E-state index contributed by atoms with van der Waals surface area (Å²) >= 11 is 0. The molecule has 3 rings (SSSR count). The second kappa shape index (κ2) is 4.99. The van der Waals surface area contributed by atoms with Crippen LogP contribution in [0.4, 0.5) is 5.82 Å². The van der Waals surface area contributed by atoms with Crippen molar-refractivity contribution in [2.45, 2.75) is 31.0 Å². The van der Waals surface area contributed by atoms with Crippen molar-refractivity contribution in [2.75, 3.05) is 12.3 Å². The smallest absolute Gasteiger partial charge is 0.194 e. The van der Waals surface area contributed by atoms with E-state index in [1.807, 2.05) is 0 Å². The maximum Gasteiger partial charge on any atom is 0.194 e. The Bertz CT molecular complexity index is 775. The van der Waals surface area contributed by atoms with Crippen LogP contribution in [0.25, 0.3) is 11.0 Å². The van der Waals surface area contributed by atoms with Gasteiger partial charge in [0.25, 0.3) is 0 Å². The predicted octanol–water partition coefficient (Wildman–Crippen LogP) is -1.62. The third-order valence-electron chi connectivity index (χ3n) is 3.92. The van der Waals surface area contributed by atoms with Gasteiger partial charge >= 0.3 is 0 Å². The number of aliphatic hydroxyl groups excluding tert-OH is 2. The number of aliphatic hydroxyl groups is 3. The Labute approximate surface area is 124 Å². The van der Waals surface area contributed by atoms with E-state index in [0.29, 0.717) is 0 Å². The number of anilines is 1. The summed E-state index contributed by atoms with van der Waals surface area (Å²) in [7, 11) is 0. The summed E-state index contributed by atoms with van der Waals surface area (Å²) in [6.07, 6.45) is -0.707. The third kappa shape index (κ3) is 1.98. The van der Waals surface area contributed by atoms with Gasteiger partial charge in [0.1, 0.15) is 35.3 Å². The first-order valence-corrected chi connectivity index (χ1v) is 6.66. The number of fused-ring (bicyclic) bond motifs is 1. The van der Waals surface area contributed by atoms with Crippen LogP contribution in [0.5, 0.6) is 0 Å². The first kappa shape index (κ1) is 14.9. The molecular weight excluding hydrogens is 292 g/mol. The van der Waals surface area contributed by atoms with E-state index in [-0.39, 0.29) is 22.3 Å². The Morgan fingerprint density at radius 2 is 2.23 bits per heavy atom. The SMILES string of the molecule is C[C@]1(O)C(n2ccc(=O)c3c(N)ncnc32)O[C@H](CO)[C@H]1O. The molecule has 118 valence electrons. The van der Waals surface area contributed by atoms with Crippen LogP contribution >= 0.6 is 0 Å². The first-order chi connectivity index (χ1) is 10.4. The average Bonchev–Trinajstić information content (AvgIpc) is 2.71. The van der Waals surface area contributed by atoms with Crippen LogP contribution in [0.2, 0.25) is 0 Å². The quantitative estimate of drug-likeness (QED) is 0.518. The maximum absolute atomic E-state index is 11.9. The van der Waals surface area contributed by atoms with Gasteiger partial charge in [-0.25, -0.2) is 9.97 Å². The van der Waals surface area contributed by atoms with Crippen molar-refractivity contribution in [2.24, 2.45) is 0 Å². The van der Waals surface area contributed by atoms with Crippen LogP contribution in [0, 0.1) is 0 Å². The molecular formula is C13H16N4O5. The summed E-state index contributed by atoms with van der Waals surface area (Å²) < 4.78 is 6.92. The number of nitrogens with two attached hydrogens (primary N) is 1. The van der Waals surface area contributed by atoms with Crippen molar-refractivity contribution in [1.82, 2.24) is 14.5 Å². The molecule has 0 spiro atoms. The van der Waals surface area contributed by atoms with Crippen molar-refractivity contribution in [3.8, 4) is 0 Å². The van der Waals surface area contributed by atoms with Gasteiger partial charge in [0, 0.05) is 12.3 Å². The van der Waals surface area contributed by atoms with E-state index in [1.165, 1.54) is 30.1 Å². The zero-order valence-electron chi connectivity index (χ0n) is 11.7. The molecule has 3 heterocycles. The molecule has 1 saturated heterocycles. The van der Waals surface area contributed by atoms with E-state index < -0.39 is 30.6 Å². The highest BCUT2D eigenvalue weighted by molar-refractivity contribution is 5.84. The van der Waals surface area contributed by atoms with Gasteiger partial charge in [-0.05, 0) is 6.92 Å². The molecule has 4 atom stereocenters. The van der Waals surface area contributed by atoms with E-state index in [9.17, 15) is 20.1 Å². The lowest BCUT2D eigenvalue weighted by Gasteiger charge is -2.28. The highest BCUT2D eigenvalue weighted by Gasteiger charge is 2.53. The summed E-state index contributed by atoms with van der Waals surface area (Å²) in [4.78, 5) is 19.8. The zero-order valence-corrected chi connectivity index (χ0v) is 11.7. The van der Waals surface area contributed by atoms with Crippen LogP contribution in [0.15, 0.2) is 23.4 Å². The van der Waals surface area contributed by atoms with Gasteiger partial charge in [-0.15, -0.1) is 0 Å². The number of pyridine rings is 1. The predicted molar refractivity (Wildman–Crippen MR) is 75.8 cm³/mol. The first-order valence-electron chi connectivity index (χ1n) is 6.66. The molecule has 0 bridgehead atoms. The van der Waals surface area contributed by atoms with Crippen molar-refractivity contribution < 1.29 is 20.1 Å². The minimum absolute atomic E-state index is 0.0150. The van der Waals surface area contributed by atoms with Gasteiger partial charge in [-0.2, -0.15) is 0 Å². The fraction of sp³-hybridized carbons (Fsp3) is 0.462. The largest absolute Gasteiger partial charge is 0.394 e. The van der Waals surface area contributed by atoms with Gasteiger partial charge in [0.2, 0.25) is 0 Å². The number of hydrogen-bond donors (Lipinski definition) is 4. The Morgan fingerprint density at radius 3 is 2.86 bits per heavy atom. The van der Waals surface area contributed by atoms with E-state index in [4.69, 9.17) is 10.5 Å². The number of nitrogens with zero attached hydrogens (tertiary/aromatic N) is 3. The molecule has 9 heteroatoms. The minimum Gasteiger partial charge on any atom is -0.394 e. The van der Waals surface area contributed by atoms with Crippen LogP contribution < -0.4 is 11.2 Å². The molecule has 9 nitrogen and oxygen atoms in total. The molecule has 0 saturated carbocycles. The van der Waals surface area contributed by atoms with Gasteiger partial charge in [0.15, 0.2) is 17.3 Å².